The lowest BCUT2D eigenvalue weighted by atomic mass is 9.86. The summed E-state index contributed by atoms with van der Waals surface area (Å²) in [6, 6.07) is 7.89. The molecule has 3 heterocycles. The molecule has 1 aliphatic heterocycles. The van der Waals surface area contributed by atoms with Gasteiger partial charge in [-0.1, -0.05) is 6.07 Å². The average molecular weight is 403 g/mol. The molecule has 1 aliphatic rings. The molecule has 0 bridgehead atoms. The second kappa shape index (κ2) is 6.21. The maximum Gasteiger partial charge on any atom is 0.250 e. The van der Waals surface area contributed by atoms with Gasteiger partial charge in [-0.25, -0.2) is 8.42 Å². The summed E-state index contributed by atoms with van der Waals surface area (Å²) >= 11 is 1.61. The normalized spacial score (nSPS) is 21.3. The van der Waals surface area contributed by atoms with Gasteiger partial charge in [0.25, 0.3) is 5.91 Å². The van der Waals surface area contributed by atoms with Gasteiger partial charge in [0.1, 0.15) is 0 Å². The molecular formula is C20H22N2O3S2. The number of carbonyl (C=O) groups excluding carboxylic acids is 1. The zero-order valence-electron chi connectivity index (χ0n) is 15.3. The first kappa shape index (κ1) is 18.3. The highest BCUT2D eigenvalue weighted by molar-refractivity contribution is 7.92. The molecule has 142 valence electrons. The van der Waals surface area contributed by atoms with Gasteiger partial charge in [0.2, 0.25) is 0 Å². The van der Waals surface area contributed by atoms with E-state index < -0.39 is 20.5 Å². The Labute approximate surface area is 162 Å². The Morgan fingerprint density at radius 3 is 2.74 bits per heavy atom. The minimum Gasteiger partial charge on any atom is -0.366 e. The summed E-state index contributed by atoms with van der Waals surface area (Å²) in [7, 11) is -3.09. The zero-order chi connectivity index (χ0) is 19.4. The second-order valence-electron chi connectivity index (χ2n) is 7.80. The Hall–Kier alpha value is -2.12. The highest BCUT2D eigenvalue weighted by Gasteiger charge is 2.41. The van der Waals surface area contributed by atoms with E-state index in [9.17, 15) is 13.2 Å². The lowest BCUT2D eigenvalue weighted by Crippen LogP contribution is -2.40. The molecule has 3 N–H and O–H groups in total. The number of nitrogens with one attached hydrogen (secondary N) is 1. The van der Waals surface area contributed by atoms with Crippen molar-refractivity contribution in [1.29, 1.82) is 0 Å². The summed E-state index contributed by atoms with van der Waals surface area (Å²) in [4.78, 5) is 16.3. The quantitative estimate of drug-likeness (QED) is 0.692. The maximum atomic E-state index is 12.4. The molecule has 1 amide bonds. The van der Waals surface area contributed by atoms with Crippen molar-refractivity contribution >= 4 is 38.0 Å². The van der Waals surface area contributed by atoms with Gasteiger partial charge in [-0.3, -0.25) is 4.79 Å². The van der Waals surface area contributed by atoms with Crippen LogP contribution < -0.4 is 5.73 Å². The smallest absolute Gasteiger partial charge is 0.250 e. The molecule has 2 aromatic heterocycles. The van der Waals surface area contributed by atoms with Crippen LogP contribution in [0.1, 0.15) is 48.5 Å². The number of aromatic nitrogens is 1. The van der Waals surface area contributed by atoms with E-state index in [0.717, 1.165) is 26.9 Å². The number of nitrogens with two attached hydrogens (primary N) is 1. The average Bonchev–Trinajstić information content (AvgIpc) is 3.25. The number of thiophene rings is 1. The van der Waals surface area contributed by atoms with Crippen LogP contribution in [0.25, 0.3) is 21.3 Å². The number of primary amides is 1. The Balaban J connectivity index is 1.87. The van der Waals surface area contributed by atoms with Gasteiger partial charge >= 0.3 is 0 Å². The molecule has 0 radical (unpaired) electrons. The Morgan fingerprint density at radius 1 is 1.33 bits per heavy atom. The van der Waals surface area contributed by atoms with Gasteiger partial charge in [-0.15, -0.1) is 11.3 Å². The van der Waals surface area contributed by atoms with Crippen LogP contribution in [0.15, 0.2) is 35.8 Å². The van der Waals surface area contributed by atoms with Crippen LogP contribution in [0.5, 0.6) is 0 Å². The third kappa shape index (κ3) is 2.99. The van der Waals surface area contributed by atoms with Gasteiger partial charge < -0.3 is 10.7 Å². The number of aromatic amines is 1. The van der Waals surface area contributed by atoms with E-state index in [1.807, 2.05) is 29.8 Å². The number of benzene rings is 1. The van der Waals surface area contributed by atoms with Crippen LogP contribution >= 0.6 is 11.3 Å². The van der Waals surface area contributed by atoms with E-state index in [-0.39, 0.29) is 11.7 Å². The monoisotopic (exact) mass is 402 g/mol. The lowest BCUT2D eigenvalue weighted by Gasteiger charge is -2.34. The molecule has 1 saturated heterocycles. The van der Waals surface area contributed by atoms with E-state index in [4.69, 9.17) is 5.73 Å². The van der Waals surface area contributed by atoms with Crippen LogP contribution in [0, 0.1) is 0 Å². The summed E-state index contributed by atoms with van der Waals surface area (Å²) in [5.41, 5.74) is 8.84. The highest BCUT2D eigenvalue weighted by atomic mass is 32.2. The van der Waals surface area contributed by atoms with Crippen LogP contribution in [-0.2, 0) is 9.84 Å². The predicted octanol–water partition coefficient (Wildman–Crippen LogP) is 4.07. The first-order valence-electron chi connectivity index (χ1n) is 8.90. The number of sulfone groups is 1. The first-order chi connectivity index (χ1) is 12.7. The Morgan fingerprint density at radius 2 is 2.11 bits per heavy atom. The van der Waals surface area contributed by atoms with Gasteiger partial charge in [-0.05, 0) is 67.3 Å². The van der Waals surface area contributed by atoms with Crippen LogP contribution in [0.2, 0.25) is 0 Å². The summed E-state index contributed by atoms with van der Waals surface area (Å²) in [6.07, 6.45) is 3.07. The van der Waals surface area contributed by atoms with Gasteiger partial charge in [0.15, 0.2) is 9.84 Å². The molecule has 0 aliphatic carbocycles. The molecule has 0 saturated carbocycles. The van der Waals surface area contributed by atoms with Gasteiger partial charge in [0, 0.05) is 16.5 Å². The van der Waals surface area contributed by atoms with E-state index in [0.29, 0.717) is 18.4 Å². The van der Waals surface area contributed by atoms with Crippen molar-refractivity contribution < 1.29 is 13.2 Å². The van der Waals surface area contributed by atoms with E-state index in [1.165, 1.54) is 0 Å². The molecule has 3 aromatic rings. The Bertz CT molecular complexity index is 1130. The molecule has 1 unspecified atom stereocenters. The molecule has 4 rings (SSSR count). The molecular weight excluding hydrogens is 380 g/mol. The Kier molecular flexibility index (Phi) is 4.20. The summed E-state index contributed by atoms with van der Waals surface area (Å²) in [5, 5.41) is 2.95. The number of H-pyrrole nitrogens is 1. The third-order valence-corrected chi connectivity index (χ3v) is 9.19. The fourth-order valence-corrected chi connectivity index (χ4v) is 6.35. The van der Waals surface area contributed by atoms with Crippen molar-refractivity contribution in [2.75, 3.05) is 5.75 Å². The predicted molar refractivity (Wildman–Crippen MR) is 110 cm³/mol. The van der Waals surface area contributed by atoms with Gasteiger partial charge in [0.05, 0.1) is 21.6 Å². The third-order valence-electron chi connectivity index (χ3n) is 5.65. The van der Waals surface area contributed by atoms with Crippen LogP contribution in [0.3, 0.4) is 0 Å². The molecule has 27 heavy (non-hydrogen) atoms. The SMILES string of the molecule is CC1(C)CC(c2c[nH]c3c(C(N)=O)cc(-c4cccs4)cc23)CCS1(=O)=O. The number of fused-ring (bicyclic) bond motifs is 1. The molecule has 0 spiro atoms. The van der Waals surface area contributed by atoms with Crippen molar-refractivity contribution in [1.82, 2.24) is 4.98 Å². The van der Waals surface area contributed by atoms with Crippen molar-refractivity contribution in [2.45, 2.75) is 37.4 Å². The van der Waals surface area contributed by atoms with E-state index >= 15 is 0 Å². The van der Waals surface area contributed by atoms with E-state index in [1.54, 1.807) is 25.2 Å². The molecule has 7 heteroatoms. The number of rotatable bonds is 3. The van der Waals surface area contributed by atoms with Crippen molar-refractivity contribution in [3.05, 3.63) is 47.0 Å². The summed E-state index contributed by atoms with van der Waals surface area (Å²) < 4.78 is 24.0. The zero-order valence-corrected chi connectivity index (χ0v) is 16.9. The second-order valence-corrected chi connectivity index (χ2v) is 11.5. The highest BCUT2D eigenvalue weighted by Crippen LogP contribution is 2.43. The topological polar surface area (TPSA) is 93.0 Å². The number of carbonyl (C=O) groups is 1. The van der Waals surface area contributed by atoms with Gasteiger partial charge in [-0.2, -0.15) is 0 Å². The number of hydrogen-bond donors (Lipinski definition) is 2. The first-order valence-corrected chi connectivity index (χ1v) is 11.4. The van der Waals surface area contributed by atoms with Crippen molar-refractivity contribution in [3.63, 3.8) is 0 Å². The lowest BCUT2D eigenvalue weighted by molar-refractivity contribution is 0.100. The molecule has 1 atom stereocenters. The van der Waals surface area contributed by atoms with Crippen LogP contribution in [-0.4, -0.2) is 29.8 Å². The minimum atomic E-state index is -3.09. The van der Waals surface area contributed by atoms with Crippen LogP contribution in [0.4, 0.5) is 0 Å². The largest absolute Gasteiger partial charge is 0.366 e. The fraction of sp³-hybridized carbons (Fsp3) is 0.350. The number of amides is 1. The summed E-state index contributed by atoms with van der Waals surface area (Å²) in [6.45, 7) is 3.60. The fourth-order valence-electron chi connectivity index (χ4n) is 4.03. The summed E-state index contributed by atoms with van der Waals surface area (Å²) in [5.74, 6) is -0.167. The number of hydrogen-bond acceptors (Lipinski definition) is 4. The molecule has 1 aromatic carbocycles. The maximum absolute atomic E-state index is 12.4. The van der Waals surface area contributed by atoms with Crippen molar-refractivity contribution in [3.8, 4) is 10.4 Å². The minimum absolute atomic E-state index is 0.122. The van der Waals surface area contributed by atoms with Crippen molar-refractivity contribution in [2.24, 2.45) is 5.73 Å². The molecule has 1 fully saturated rings. The standard InChI is InChI=1S/C20H22N2O3S2/c1-20(2)10-12(5-7-27(20,24)25)16-11-22-18-14(16)8-13(9-15(18)19(21)23)17-4-3-6-26-17/h3-4,6,8-9,11-12,22H,5,7,10H2,1-2H3,(H2,21,23). The van der Waals surface area contributed by atoms with E-state index in [2.05, 4.69) is 11.1 Å². The molecule has 5 nitrogen and oxygen atoms in total.